The molecule has 0 saturated heterocycles. The van der Waals surface area contributed by atoms with Gasteiger partial charge in [-0.15, -0.1) is 0 Å². The second-order valence-corrected chi connectivity index (χ2v) is 11.4. The minimum Gasteiger partial charge on any atom is -0.462 e. The summed E-state index contributed by atoms with van der Waals surface area (Å²) in [5, 5.41) is 10.6. The molecule has 4 N–H and O–H groups in total. The number of esters is 1. The van der Waals surface area contributed by atoms with E-state index in [0.29, 0.717) is 0 Å². The van der Waals surface area contributed by atoms with Crippen LogP contribution in [-0.4, -0.2) is 48.7 Å². The highest BCUT2D eigenvalue weighted by molar-refractivity contribution is 6.02. The van der Waals surface area contributed by atoms with E-state index in [9.17, 15) is 24.0 Å². The van der Waals surface area contributed by atoms with Gasteiger partial charge in [-0.05, 0) is 48.1 Å². The van der Waals surface area contributed by atoms with E-state index in [0.717, 1.165) is 11.1 Å². The molecule has 0 spiro atoms. The van der Waals surface area contributed by atoms with Crippen LogP contribution in [-0.2, 0) is 37.0 Å². The van der Waals surface area contributed by atoms with E-state index in [1.54, 1.807) is 34.6 Å². The molecule has 0 radical (unpaired) electrons. The monoisotopic (exact) mass is 646 g/mol. The molecule has 3 aromatic rings. The largest absolute Gasteiger partial charge is 0.462 e. The third-order valence-corrected chi connectivity index (χ3v) is 6.85. The average Bonchev–Trinajstić information content (AvgIpc) is 3.04. The summed E-state index contributed by atoms with van der Waals surface area (Å²) in [5.41, 5.74) is 1.97. The van der Waals surface area contributed by atoms with Gasteiger partial charge >= 0.3 is 18.2 Å². The van der Waals surface area contributed by atoms with Crippen molar-refractivity contribution in [2.24, 2.45) is 11.8 Å². The van der Waals surface area contributed by atoms with Crippen LogP contribution in [0.4, 0.5) is 21.0 Å². The van der Waals surface area contributed by atoms with Crippen LogP contribution in [0.25, 0.3) is 0 Å². The van der Waals surface area contributed by atoms with Crippen LogP contribution < -0.4 is 21.3 Å². The molecule has 0 bridgehead atoms. The maximum atomic E-state index is 13.3. The van der Waals surface area contributed by atoms with Gasteiger partial charge in [0.05, 0.1) is 12.2 Å². The number of hydrogen-bond acceptors (Lipinski definition) is 8. The van der Waals surface area contributed by atoms with E-state index in [1.807, 2.05) is 60.7 Å². The third-order valence-electron chi connectivity index (χ3n) is 6.85. The molecule has 4 amide bonds. The average molecular weight is 647 g/mol. The predicted molar refractivity (Wildman–Crippen MR) is 176 cm³/mol. The van der Waals surface area contributed by atoms with E-state index in [4.69, 9.17) is 14.2 Å². The number of alkyl carbamates (subject to hydrolysis) is 2. The normalized spacial score (nSPS) is 12.0. The fraction of sp³-hybridized carbons (Fsp3) is 0.343. The van der Waals surface area contributed by atoms with Crippen LogP contribution in [0.3, 0.4) is 0 Å². The Hall–Kier alpha value is -5.39. The molecule has 12 nitrogen and oxygen atoms in total. The molecule has 0 heterocycles. The summed E-state index contributed by atoms with van der Waals surface area (Å²) < 4.78 is 15.7. The van der Waals surface area contributed by atoms with E-state index in [-0.39, 0.29) is 48.6 Å². The molecular formula is C35H42N4O8. The fourth-order valence-electron chi connectivity index (χ4n) is 4.40. The van der Waals surface area contributed by atoms with Crippen LogP contribution >= 0.6 is 0 Å². The molecule has 0 fully saturated rings. The Morgan fingerprint density at radius 3 is 1.36 bits per heavy atom. The second kappa shape index (κ2) is 17.9. The maximum absolute atomic E-state index is 13.3. The smallest absolute Gasteiger partial charge is 0.408 e. The molecule has 3 aromatic carbocycles. The van der Waals surface area contributed by atoms with Gasteiger partial charge in [0.15, 0.2) is 0 Å². The van der Waals surface area contributed by atoms with Gasteiger partial charge in [0, 0.05) is 11.4 Å². The number of anilines is 2. The Balaban J connectivity index is 1.73. The number of amides is 4. The Bertz CT molecular complexity index is 1410. The van der Waals surface area contributed by atoms with Gasteiger partial charge in [0.2, 0.25) is 11.8 Å². The topological polar surface area (TPSA) is 161 Å². The molecule has 0 aliphatic heterocycles. The van der Waals surface area contributed by atoms with Gasteiger partial charge in [-0.3, -0.25) is 9.59 Å². The van der Waals surface area contributed by atoms with E-state index in [2.05, 4.69) is 21.3 Å². The Morgan fingerprint density at radius 1 is 0.596 bits per heavy atom. The van der Waals surface area contributed by atoms with Crippen LogP contribution in [0.1, 0.15) is 56.1 Å². The number of ether oxygens (including phenoxy) is 3. The minimum atomic E-state index is -0.987. The fourth-order valence-corrected chi connectivity index (χ4v) is 4.40. The van der Waals surface area contributed by atoms with Crippen LogP contribution in [0.2, 0.25) is 0 Å². The molecule has 0 aromatic heterocycles. The highest BCUT2D eigenvalue weighted by Gasteiger charge is 2.27. The molecule has 47 heavy (non-hydrogen) atoms. The minimum absolute atomic E-state index is 0.0285. The number of nitrogens with one attached hydrogen (secondary N) is 4. The highest BCUT2D eigenvalue weighted by Crippen LogP contribution is 2.22. The zero-order valence-electron chi connectivity index (χ0n) is 27.2. The number of rotatable bonds is 14. The van der Waals surface area contributed by atoms with Crippen molar-refractivity contribution >= 4 is 41.3 Å². The molecular weight excluding hydrogens is 604 g/mol. The number of carbonyl (C=O) groups excluding carboxylic acids is 5. The Labute approximate surface area is 274 Å². The molecule has 2 atom stereocenters. The standard InChI is InChI=1S/C35H42N4O8/c1-6-45-33(42)26-17-27(36-31(40)29(22(2)3)38-34(43)46-20-24-13-9-7-10-14-24)19-28(18-26)37-32(41)30(23(4)5)39-35(44)47-21-25-15-11-8-12-16-25/h7-19,22-23,29-30H,6,20-21H2,1-5H3,(H,36,40)(H,37,41)(H,38,43)(H,39,44)/t29-,30-/m0/s1. The summed E-state index contributed by atoms with van der Waals surface area (Å²) in [6, 6.07) is 20.5. The summed E-state index contributed by atoms with van der Waals surface area (Å²) >= 11 is 0. The molecule has 250 valence electrons. The van der Waals surface area contributed by atoms with Crippen molar-refractivity contribution in [1.29, 1.82) is 0 Å². The number of hydrogen-bond donors (Lipinski definition) is 4. The molecule has 0 aliphatic rings. The molecule has 0 aliphatic carbocycles. The first-order valence-corrected chi connectivity index (χ1v) is 15.3. The first kappa shape index (κ1) is 36.1. The maximum Gasteiger partial charge on any atom is 0.408 e. The Morgan fingerprint density at radius 2 is 1.00 bits per heavy atom. The van der Waals surface area contributed by atoms with Crippen molar-refractivity contribution in [2.75, 3.05) is 17.2 Å². The highest BCUT2D eigenvalue weighted by atomic mass is 16.6. The molecule has 12 heteroatoms. The van der Waals surface area contributed by atoms with Gasteiger partial charge in [-0.1, -0.05) is 88.4 Å². The zero-order valence-corrected chi connectivity index (χ0v) is 27.2. The lowest BCUT2D eigenvalue weighted by atomic mass is 10.0. The van der Waals surface area contributed by atoms with Crippen molar-refractivity contribution in [3.8, 4) is 0 Å². The van der Waals surface area contributed by atoms with Gasteiger partial charge < -0.3 is 35.5 Å². The molecule has 0 saturated carbocycles. The summed E-state index contributed by atoms with van der Waals surface area (Å²) in [6.07, 6.45) is -1.55. The quantitative estimate of drug-likeness (QED) is 0.129. The number of carbonyl (C=O) groups is 5. The Kier molecular flexibility index (Phi) is 13.8. The van der Waals surface area contributed by atoms with Crippen molar-refractivity contribution < 1.29 is 38.2 Å². The van der Waals surface area contributed by atoms with Crippen LogP contribution in [0.15, 0.2) is 78.9 Å². The lowest BCUT2D eigenvalue weighted by molar-refractivity contribution is -0.119. The number of benzene rings is 3. The first-order chi connectivity index (χ1) is 22.5. The molecule has 0 unspecified atom stereocenters. The van der Waals surface area contributed by atoms with Gasteiger partial charge in [-0.25, -0.2) is 14.4 Å². The van der Waals surface area contributed by atoms with Crippen molar-refractivity contribution in [3.05, 3.63) is 95.6 Å². The SMILES string of the molecule is CCOC(=O)c1cc(NC(=O)[C@@H](NC(=O)OCc2ccccc2)C(C)C)cc(NC(=O)[C@@H](NC(=O)OCc2ccccc2)C(C)C)c1. The van der Waals surface area contributed by atoms with E-state index >= 15 is 0 Å². The predicted octanol–water partition coefficient (Wildman–Crippen LogP) is 5.64. The van der Waals surface area contributed by atoms with Gasteiger partial charge in [-0.2, -0.15) is 0 Å². The second-order valence-electron chi connectivity index (χ2n) is 11.4. The zero-order chi connectivity index (χ0) is 34.3. The summed E-state index contributed by atoms with van der Waals surface area (Å²) in [4.78, 5) is 64.4. The summed E-state index contributed by atoms with van der Waals surface area (Å²) in [6.45, 7) is 8.84. The van der Waals surface area contributed by atoms with Crippen molar-refractivity contribution in [2.45, 2.75) is 59.9 Å². The lowest BCUT2D eigenvalue weighted by Crippen LogP contribution is -2.47. The van der Waals surface area contributed by atoms with E-state index in [1.165, 1.54) is 18.2 Å². The molecule has 3 rings (SSSR count). The van der Waals surface area contributed by atoms with Crippen molar-refractivity contribution in [3.63, 3.8) is 0 Å². The van der Waals surface area contributed by atoms with Crippen molar-refractivity contribution in [1.82, 2.24) is 10.6 Å². The van der Waals surface area contributed by atoms with Gasteiger partial charge in [0.1, 0.15) is 25.3 Å². The summed E-state index contributed by atoms with van der Waals surface area (Å²) in [5.74, 6) is -2.47. The van der Waals surface area contributed by atoms with Crippen LogP contribution in [0.5, 0.6) is 0 Å². The third kappa shape index (κ3) is 11.8. The van der Waals surface area contributed by atoms with Gasteiger partial charge in [0.25, 0.3) is 0 Å². The first-order valence-electron chi connectivity index (χ1n) is 15.3. The van der Waals surface area contributed by atoms with E-state index < -0.39 is 42.1 Å². The summed E-state index contributed by atoms with van der Waals surface area (Å²) in [7, 11) is 0. The lowest BCUT2D eigenvalue weighted by Gasteiger charge is -2.23. The van der Waals surface area contributed by atoms with Crippen LogP contribution in [0, 0.1) is 11.8 Å².